The third-order valence-corrected chi connectivity index (χ3v) is 2.32. The molecule has 1 aliphatic heterocycles. The van der Waals surface area contributed by atoms with E-state index in [-0.39, 0.29) is 5.78 Å². The van der Waals surface area contributed by atoms with Gasteiger partial charge in [0.25, 0.3) is 0 Å². The molecule has 0 bridgehead atoms. The molecule has 1 aliphatic rings. The Labute approximate surface area is 77.4 Å². The number of pyridine rings is 1. The van der Waals surface area contributed by atoms with Crippen molar-refractivity contribution >= 4 is 5.78 Å². The van der Waals surface area contributed by atoms with E-state index in [0.29, 0.717) is 5.69 Å². The summed E-state index contributed by atoms with van der Waals surface area (Å²) in [5.74, 6) is 0.0392. The lowest BCUT2D eigenvalue weighted by molar-refractivity contribution is 0.101. The molecule has 0 amide bonds. The van der Waals surface area contributed by atoms with Crippen LogP contribution in [0, 0.1) is 0 Å². The Hall–Kier alpha value is -1.22. The zero-order chi connectivity index (χ0) is 9.42. The van der Waals surface area contributed by atoms with E-state index in [9.17, 15) is 4.79 Å². The van der Waals surface area contributed by atoms with E-state index in [1.807, 2.05) is 12.3 Å². The van der Waals surface area contributed by atoms with Crippen LogP contribution < -0.4 is 0 Å². The van der Waals surface area contributed by atoms with Crippen molar-refractivity contribution in [3.8, 4) is 0 Å². The topological polar surface area (TPSA) is 33.2 Å². The number of hydrogen-bond donors (Lipinski definition) is 0. The molecule has 2 heterocycles. The maximum absolute atomic E-state index is 11.1. The summed E-state index contributed by atoms with van der Waals surface area (Å²) < 4.78 is 0. The van der Waals surface area contributed by atoms with Crippen molar-refractivity contribution in [3.63, 3.8) is 0 Å². The minimum Gasteiger partial charge on any atom is -0.298 e. The molecular formula is C10H12N2O. The normalized spacial score (nSPS) is 15.8. The fraction of sp³-hybridized carbons (Fsp3) is 0.400. The van der Waals surface area contributed by atoms with Gasteiger partial charge in [-0.25, -0.2) is 0 Å². The molecule has 0 unspecified atom stereocenters. The average Bonchev–Trinajstić information content (AvgIpc) is 2.42. The first-order valence-corrected chi connectivity index (χ1v) is 4.34. The van der Waals surface area contributed by atoms with Crippen LogP contribution in [0.25, 0.3) is 0 Å². The largest absolute Gasteiger partial charge is 0.298 e. The third-order valence-electron chi connectivity index (χ3n) is 2.32. The molecule has 3 nitrogen and oxygen atoms in total. The molecule has 0 saturated heterocycles. The van der Waals surface area contributed by atoms with E-state index in [0.717, 1.165) is 13.1 Å². The van der Waals surface area contributed by atoms with Crippen LogP contribution in [-0.4, -0.2) is 22.7 Å². The van der Waals surface area contributed by atoms with Gasteiger partial charge in [-0.2, -0.15) is 0 Å². The Bertz CT molecular complexity index is 360. The first-order chi connectivity index (χ1) is 6.16. The number of nitrogens with zero attached hydrogens (tertiary/aromatic N) is 2. The number of Topliss-reactive ketones (excluding diaryl/α,β-unsaturated/α-hetero) is 1. The van der Waals surface area contributed by atoms with E-state index >= 15 is 0 Å². The predicted octanol–water partition coefficient (Wildman–Crippen LogP) is 1.23. The Morgan fingerprint density at radius 2 is 2.15 bits per heavy atom. The quantitative estimate of drug-likeness (QED) is 0.603. The van der Waals surface area contributed by atoms with Crippen LogP contribution in [-0.2, 0) is 13.1 Å². The highest BCUT2D eigenvalue weighted by Crippen LogP contribution is 2.20. The fourth-order valence-electron chi connectivity index (χ4n) is 1.64. The van der Waals surface area contributed by atoms with Gasteiger partial charge in [-0.15, -0.1) is 0 Å². The second-order valence-corrected chi connectivity index (χ2v) is 3.57. The van der Waals surface area contributed by atoms with Crippen LogP contribution in [0.2, 0.25) is 0 Å². The van der Waals surface area contributed by atoms with E-state index in [1.54, 1.807) is 6.92 Å². The molecule has 2 rings (SSSR count). The molecule has 1 aromatic heterocycles. The molecule has 0 saturated carbocycles. The van der Waals surface area contributed by atoms with Crippen LogP contribution in [0.15, 0.2) is 12.3 Å². The number of hydrogen-bond acceptors (Lipinski definition) is 3. The van der Waals surface area contributed by atoms with Crippen molar-refractivity contribution in [2.75, 3.05) is 7.05 Å². The van der Waals surface area contributed by atoms with Crippen molar-refractivity contribution in [2.24, 2.45) is 0 Å². The standard InChI is InChI=1S/C10H12N2O/c1-7(13)10-3-8-5-12(2)6-9(8)4-11-10/h3-4H,5-6H2,1-2H3. The Kier molecular flexibility index (Phi) is 1.88. The van der Waals surface area contributed by atoms with E-state index in [2.05, 4.69) is 16.9 Å². The van der Waals surface area contributed by atoms with Crippen molar-refractivity contribution in [2.45, 2.75) is 20.0 Å². The van der Waals surface area contributed by atoms with Crippen LogP contribution >= 0.6 is 0 Å². The van der Waals surface area contributed by atoms with Gasteiger partial charge in [0, 0.05) is 26.2 Å². The number of fused-ring (bicyclic) bond motifs is 1. The lowest BCUT2D eigenvalue weighted by Crippen LogP contribution is -2.07. The fourth-order valence-corrected chi connectivity index (χ4v) is 1.64. The summed E-state index contributed by atoms with van der Waals surface area (Å²) in [7, 11) is 2.06. The molecular weight excluding hydrogens is 164 g/mol. The average molecular weight is 176 g/mol. The van der Waals surface area contributed by atoms with Crippen LogP contribution in [0.3, 0.4) is 0 Å². The highest BCUT2D eigenvalue weighted by molar-refractivity contribution is 5.92. The summed E-state index contributed by atoms with van der Waals surface area (Å²) in [5.41, 5.74) is 3.06. The predicted molar refractivity (Wildman–Crippen MR) is 49.4 cm³/mol. The molecule has 13 heavy (non-hydrogen) atoms. The van der Waals surface area contributed by atoms with Crippen LogP contribution in [0.4, 0.5) is 0 Å². The number of rotatable bonds is 1. The second-order valence-electron chi connectivity index (χ2n) is 3.57. The molecule has 0 radical (unpaired) electrons. The van der Waals surface area contributed by atoms with Gasteiger partial charge in [-0.05, 0) is 24.2 Å². The lowest BCUT2D eigenvalue weighted by Gasteiger charge is -2.02. The van der Waals surface area contributed by atoms with Crippen LogP contribution in [0.5, 0.6) is 0 Å². The molecule has 1 aromatic rings. The van der Waals surface area contributed by atoms with Gasteiger partial charge in [-0.3, -0.25) is 14.7 Å². The van der Waals surface area contributed by atoms with Gasteiger partial charge >= 0.3 is 0 Å². The lowest BCUT2D eigenvalue weighted by atomic mass is 10.1. The molecule has 0 atom stereocenters. The minimum absolute atomic E-state index is 0.0392. The van der Waals surface area contributed by atoms with Gasteiger partial charge in [0.1, 0.15) is 5.69 Å². The van der Waals surface area contributed by atoms with Gasteiger partial charge in [0.05, 0.1) is 0 Å². The molecule has 0 fully saturated rings. The Morgan fingerprint density at radius 1 is 1.46 bits per heavy atom. The monoisotopic (exact) mass is 176 g/mol. The number of carbonyl (C=O) groups is 1. The molecule has 0 N–H and O–H groups in total. The van der Waals surface area contributed by atoms with E-state index in [1.165, 1.54) is 11.1 Å². The summed E-state index contributed by atoms with van der Waals surface area (Å²) in [4.78, 5) is 17.4. The second kappa shape index (κ2) is 2.92. The molecule has 0 aliphatic carbocycles. The highest BCUT2D eigenvalue weighted by atomic mass is 16.1. The number of ketones is 1. The van der Waals surface area contributed by atoms with Crippen molar-refractivity contribution < 1.29 is 4.79 Å². The summed E-state index contributed by atoms with van der Waals surface area (Å²) >= 11 is 0. The molecule has 3 heteroatoms. The van der Waals surface area contributed by atoms with Crippen LogP contribution in [0.1, 0.15) is 28.5 Å². The first-order valence-electron chi connectivity index (χ1n) is 4.34. The zero-order valence-corrected chi connectivity index (χ0v) is 7.87. The van der Waals surface area contributed by atoms with Crippen molar-refractivity contribution in [3.05, 3.63) is 29.1 Å². The smallest absolute Gasteiger partial charge is 0.178 e. The van der Waals surface area contributed by atoms with Crippen molar-refractivity contribution in [1.29, 1.82) is 0 Å². The first kappa shape index (κ1) is 8.38. The Morgan fingerprint density at radius 3 is 2.85 bits per heavy atom. The highest BCUT2D eigenvalue weighted by Gasteiger charge is 2.16. The third kappa shape index (κ3) is 1.47. The van der Waals surface area contributed by atoms with Crippen molar-refractivity contribution in [1.82, 2.24) is 9.88 Å². The maximum atomic E-state index is 11.1. The summed E-state index contributed by atoms with van der Waals surface area (Å²) in [6.45, 7) is 3.42. The summed E-state index contributed by atoms with van der Waals surface area (Å²) in [6, 6.07) is 1.90. The van der Waals surface area contributed by atoms with Gasteiger partial charge < -0.3 is 0 Å². The van der Waals surface area contributed by atoms with Gasteiger partial charge in [-0.1, -0.05) is 0 Å². The van der Waals surface area contributed by atoms with E-state index in [4.69, 9.17) is 0 Å². The summed E-state index contributed by atoms with van der Waals surface area (Å²) in [6.07, 6.45) is 1.82. The Balaban J connectivity index is 2.40. The maximum Gasteiger partial charge on any atom is 0.178 e. The summed E-state index contributed by atoms with van der Waals surface area (Å²) in [5, 5.41) is 0. The van der Waals surface area contributed by atoms with Gasteiger partial charge in [0.2, 0.25) is 0 Å². The molecule has 68 valence electrons. The van der Waals surface area contributed by atoms with E-state index < -0.39 is 0 Å². The zero-order valence-electron chi connectivity index (χ0n) is 7.87. The number of carbonyl (C=O) groups excluding carboxylic acids is 1. The molecule has 0 spiro atoms. The SMILES string of the molecule is CC(=O)c1cc2c(cn1)CN(C)C2. The molecule has 0 aromatic carbocycles. The number of aromatic nitrogens is 1. The van der Waals surface area contributed by atoms with Gasteiger partial charge in [0.15, 0.2) is 5.78 Å². The minimum atomic E-state index is 0.0392.